The summed E-state index contributed by atoms with van der Waals surface area (Å²) in [6.45, 7) is 6.19. The van der Waals surface area contributed by atoms with Crippen LogP contribution in [-0.2, 0) is 0 Å². The van der Waals surface area contributed by atoms with E-state index < -0.39 is 0 Å². The van der Waals surface area contributed by atoms with E-state index in [-0.39, 0.29) is 6.04 Å². The van der Waals surface area contributed by atoms with Crippen LogP contribution in [0.4, 0.5) is 0 Å². The molecule has 0 aromatic carbocycles. The van der Waals surface area contributed by atoms with Crippen molar-refractivity contribution < 1.29 is 0 Å². The van der Waals surface area contributed by atoms with Crippen LogP contribution in [-0.4, -0.2) is 11.0 Å². The second-order valence-corrected chi connectivity index (χ2v) is 3.44. The van der Waals surface area contributed by atoms with Gasteiger partial charge in [-0.05, 0) is 30.9 Å². The molecule has 0 fully saturated rings. The van der Waals surface area contributed by atoms with Crippen molar-refractivity contribution in [1.29, 1.82) is 0 Å². The predicted octanol–water partition coefficient (Wildman–Crippen LogP) is 1.84. The van der Waals surface area contributed by atoms with Gasteiger partial charge in [-0.2, -0.15) is 0 Å². The minimum absolute atomic E-state index is 0.189. The third-order valence-electron chi connectivity index (χ3n) is 2.21. The van der Waals surface area contributed by atoms with E-state index in [0.29, 0.717) is 5.92 Å². The quantitative estimate of drug-likeness (QED) is 0.724. The molecule has 1 aromatic rings. The summed E-state index contributed by atoms with van der Waals surface area (Å²) in [6, 6.07) is 2.33. The molecule has 66 valence electrons. The first kappa shape index (κ1) is 9.20. The summed E-state index contributed by atoms with van der Waals surface area (Å²) in [6.07, 6.45) is 3.75. The lowest BCUT2D eigenvalue weighted by Gasteiger charge is -2.15. The van der Waals surface area contributed by atoms with Crippen LogP contribution in [0.25, 0.3) is 0 Å². The zero-order valence-electron chi connectivity index (χ0n) is 7.91. The highest BCUT2D eigenvalue weighted by Gasteiger charge is 2.09. The molecule has 0 spiro atoms. The van der Waals surface area contributed by atoms with Crippen molar-refractivity contribution in [2.24, 2.45) is 5.73 Å². The van der Waals surface area contributed by atoms with E-state index in [4.69, 9.17) is 5.73 Å². The lowest BCUT2D eigenvalue weighted by atomic mass is 9.96. The summed E-state index contributed by atoms with van der Waals surface area (Å²) < 4.78 is 0. The molecule has 2 atom stereocenters. The summed E-state index contributed by atoms with van der Waals surface area (Å²) in [5.74, 6) is 0.386. The van der Waals surface area contributed by atoms with Crippen LogP contribution < -0.4 is 5.73 Å². The van der Waals surface area contributed by atoms with Crippen molar-refractivity contribution in [3.8, 4) is 0 Å². The average molecular weight is 164 g/mol. The van der Waals surface area contributed by atoms with E-state index in [1.54, 1.807) is 0 Å². The highest BCUT2D eigenvalue weighted by molar-refractivity contribution is 5.21. The van der Waals surface area contributed by atoms with Gasteiger partial charge < -0.3 is 5.73 Å². The molecule has 0 saturated carbocycles. The number of nitrogens with zero attached hydrogens (tertiary/aromatic N) is 1. The van der Waals surface area contributed by atoms with Gasteiger partial charge in [-0.1, -0.05) is 13.0 Å². The lowest BCUT2D eigenvalue weighted by Crippen LogP contribution is -2.22. The Kier molecular flexibility index (Phi) is 2.82. The number of aryl methyl sites for hydroxylation is 1. The van der Waals surface area contributed by atoms with Gasteiger partial charge in [-0.3, -0.25) is 4.98 Å². The van der Waals surface area contributed by atoms with E-state index in [0.717, 1.165) is 0 Å². The number of hydrogen-bond donors (Lipinski definition) is 1. The van der Waals surface area contributed by atoms with Gasteiger partial charge >= 0.3 is 0 Å². The molecule has 2 nitrogen and oxygen atoms in total. The van der Waals surface area contributed by atoms with E-state index in [9.17, 15) is 0 Å². The zero-order chi connectivity index (χ0) is 9.14. The molecule has 2 N–H and O–H groups in total. The van der Waals surface area contributed by atoms with Gasteiger partial charge in [0.15, 0.2) is 0 Å². The molecule has 0 aliphatic heterocycles. The van der Waals surface area contributed by atoms with Crippen molar-refractivity contribution in [3.05, 3.63) is 29.6 Å². The Bertz CT molecular complexity index is 256. The van der Waals surface area contributed by atoms with Crippen LogP contribution in [0.15, 0.2) is 18.5 Å². The molecule has 0 radical (unpaired) electrons. The van der Waals surface area contributed by atoms with Crippen LogP contribution in [0.2, 0.25) is 0 Å². The summed E-state index contributed by atoms with van der Waals surface area (Å²) >= 11 is 0. The van der Waals surface area contributed by atoms with E-state index >= 15 is 0 Å². The van der Waals surface area contributed by atoms with Crippen molar-refractivity contribution >= 4 is 0 Å². The molecule has 1 aromatic heterocycles. The first-order valence-corrected chi connectivity index (χ1v) is 4.28. The largest absolute Gasteiger partial charge is 0.327 e. The summed E-state index contributed by atoms with van der Waals surface area (Å²) in [5.41, 5.74) is 8.21. The highest BCUT2D eigenvalue weighted by Crippen LogP contribution is 2.17. The molecule has 2 heteroatoms. The van der Waals surface area contributed by atoms with Crippen molar-refractivity contribution in [3.63, 3.8) is 0 Å². The molecule has 2 unspecified atom stereocenters. The molecule has 1 heterocycles. The minimum Gasteiger partial charge on any atom is -0.327 e. The Balaban J connectivity index is 2.88. The third kappa shape index (κ3) is 2.05. The van der Waals surface area contributed by atoms with E-state index in [1.807, 2.05) is 26.2 Å². The number of hydrogen-bond acceptors (Lipinski definition) is 2. The summed E-state index contributed by atoms with van der Waals surface area (Å²) in [4.78, 5) is 4.13. The van der Waals surface area contributed by atoms with Gasteiger partial charge in [-0.15, -0.1) is 0 Å². The van der Waals surface area contributed by atoms with Gasteiger partial charge in [0, 0.05) is 18.4 Å². The monoisotopic (exact) mass is 164 g/mol. The fourth-order valence-corrected chi connectivity index (χ4v) is 1.13. The molecule has 12 heavy (non-hydrogen) atoms. The van der Waals surface area contributed by atoms with Crippen LogP contribution in [0.5, 0.6) is 0 Å². The molecule has 1 rings (SSSR count). The van der Waals surface area contributed by atoms with Gasteiger partial charge in [-0.25, -0.2) is 0 Å². The maximum atomic E-state index is 5.79. The van der Waals surface area contributed by atoms with Crippen molar-refractivity contribution in [2.45, 2.75) is 32.7 Å². The van der Waals surface area contributed by atoms with Crippen LogP contribution in [0.3, 0.4) is 0 Å². The lowest BCUT2D eigenvalue weighted by molar-refractivity contribution is 0.611. The van der Waals surface area contributed by atoms with Crippen LogP contribution >= 0.6 is 0 Å². The second kappa shape index (κ2) is 3.68. The van der Waals surface area contributed by atoms with Gasteiger partial charge in [0.2, 0.25) is 0 Å². The highest BCUT2D eigenvalue weighted by atomic mass is 14.7. The van der Waals surface area contributed by atoms with Crippen LogP contribution in [0.1, 0.15) is 30.9 Å². The Labute approximate surface area is 73.8 Å². The number of aromatic nitrogens is 1. The maximum Gasteiger partial charge on any atom is 0.0303 e. The average Bonchev–Trinajstić information content (AvgIpc) is 2.03. The fraction of sp³-hybridized carbons (Fsp3) is 0.500. The first-order valence-electron chi connectivity index (χ1n) is 4.28. The molecule has 0 amide bonds. The fourth-order valence-electron chi connectivity index (χ4n) is 1.13. The zero-order valence-corrected chi connectivity index (χ0v) is 7.91. The number of nitrogens with two attached hydrogens (primary N) is 1. The van der Waals surface area contributed by atoms with Gasteiger partial charge in [0.25, 0.3) is 0 Å². The normalized spacial score (nSPS) is 15.7. The summed E-state index contributed by atoms with van der Waals surface area (Å²) in [5, 5.41) is 0. The van der Waals surface area contributed by atoms with Crippen LogP contribution in [0, 0.1) is 6.92 Å². The standard InChI is InChI=1S/C10H16N2/c1-7-4-10(6-12-5-7)8(2)9(3)11/h4-6,8-9H,11H2,1-3H3. The minimum atomic E-state index is 0.189. The maximum absolute atomic E-state index is 5.79. The Hall–Kier alpha value is -0.890. The Morgan fingerprint density at radius 3 is 2.50 bits per heavy atom. The molecule has 0 aliphatic rings. The Morgan fingerprint density at radius 2 is 2.00 bits per heavy atom. The first-order chi connectivity index (χ1) is 5.61. The molecule has 0 aliphatic carbocycles. The SMILES string of the molecule is Cc1cncc(C(C)C(C)N)c1. The predicted molar refractivity (Wildman–Crippen MR) is 51.0 cm³/mol. The molecular weight excluding hydrogens is 148 g/mol. The van der Waals surface area contributed by atoms with Crippen molar-refractivity contribution in [2.75, 3.05) is 0 Å². The van der Waals surface area contributed by atoms with Gasteiger partial charge in [0.05, 0.1) is 0 Å². The Morgan fingerprint density at radius 1 is 1.33 bits per heavy atom. The molecule has 0 saturated heterocycles. The van der Waals surface area contributed by atoms with E-state index in [2.05, 4.69) is 18.0 Å². The van der Waals surface area contributed by atoms with Crippen molar-refractivity contribution in [1.82, 2.24) is 4.98 Å². The topological polar surface area (TPSA) is 38.9 Å². The molecule has 0 bridgehead atoms. The van der Waals surface area contributed by atoms with E-state index in [1.165, 1.54) is 11.1 Å². The smallest absolute Gasteiger partial charge is 0.0303 e. The van der Waals surface area contributed by atoms with Gasteiger partial charge in [0.1, 0.15) is 0 Å². The number of rotatable bonds is 2. The third-order valence-corrected chi connectivity index (χ3v) is 2.21. The molecular formula is C10H16N2. The second-order valence-electron chi connectivity index (χ2n) is 3.44. The summed E-state index contributed by atoms with van der Waals surface area (Å²) in [7, 11) is 0. The number of pyridine rings is 1.